The zero-order valence-corrected chi connectivity index (χ0v) is 11.1. The van der Waals surface area contributed by atoms with Crippen molar-refractivity contribution in [1.82, 2.24) is 0 Å². The molecule has 3 fully saturated rings. The Kier molecular flexibility index (Phi) is 3.02. The molecule has 92 valence electrons. The summed E-state index contributed by atoms with van der Waals surface area (Å²) in [7, 11) is 0. The molecular formula is C16H28. The van der Waals surface area contributed by atoms with Crippen LogP contribution in [0.25, 0.3) is 0 Å². The molecule has 6 atom stereocenters. The van der Waals surface area contributed by atoms with Crippen molar-refractivity contribution in [2.75, 3.05) is 0 Å². The van der Waals surface area contributed by atoms with E-state index in [-0.39, 0.29) is 0 Å². The number of fused-ring (bicyclic) bond motifs is 7. The highest BCUT2D eigenvalue weighted by molar-refractivity contribution is 4.91. The first-order valence-electron chi connectivity index (χ1n) is 7.75. The van der Waals surface area contributed by atoms with Gasteiger partial charge in [0.05, 0.1) is 0 Å². The van der Waals surface area contributed by atoms with Crippen LogP contribution in [-0.4, -0.2) is 0 Å². The molecule has 6 unspecified atom stereocenters. The summed E-state index contributed by atoms with van der Waals surface area (Å²) in [6, 6.07) is 0. The lowest BCUT2D eigenvalue weighted by molar-refractivity contribution is 0.159. The third-order valence-corrected chi connectivity index (χ3v) is 6.34. The summed E-state index contributed by atoms with van der Waals surface area (Å²) in [5.74, 6) is 6.46. The largest absolute Gasteiger partial charge is 0.0622 e. The molecule has 0 aromatic carbocycles. The molecule has 0 radical (unpaired) electrons. The van der Waals surface area contributed by atoms with Crippen LogP contribution in [0, 0.1) is 35.5 Å². The van der Waals surface area contributed by atoms with E-state index in [1.807, 2.05) is 0 Å². The minimum atomic E-state index is 1.02. The van der Waals surface area contributed by atoms with Crippen molar-refractivity contribution < 1.29 is 0 Å². The monoisotopic (exact) mass is 220 g/mol. The molecule has 3 aliphatic carbocycles. The van der Waals surface area contributed by atoms with E-state index in [1.54, 1.807) is 38.5 Å². The summed E-state index contributed by atoms with van der Waals surface area (Å²) in [4.78, 5) is 0. The fourth-order valence-electron chi connectivity index (χ4n) is 5.35. The van der Waals surface area contributed by atoms with Crippen LogP contribution in [0.3, 0.4) is 0 Å². The Hall–Kier alpha value is 0. The average molecular weight is 220 g/mol. The Bertz CT molecular complexity index is 220. The molecular weight excluding hydrogens is 192 g/mol. The van der Waals surface area contributed by atoms with Crippen molar-refractivity contribution >= 4 is 0 Å². The second-order valence-corrected chi connectivity index (χ2v) is 7.12. The van der Waals surface area contributed by atoms with Crippen LogP contribution in [0.5, 0.6) is 0 Å². The molecule has 3 rings (SSSR count). The van der Waals surface area contributed by atoms with Crippen LogP contribution >= 0.6 is 0 Å². The lowest BCUT2D eigenvalue weighted by Gasteiger charge is -2.34. The molecule has 0 saturated heterocycles. The Morgan fingerprint density at radius 3 is 1.62 bits per heavy atom. The molecule has 0 heterocycles. The van der Waals surface area contributed by atoms with E-state index in [4.69, 9.17) is 0 Å². The average Bonchev–Trinajstić information content (AvgIpc) is 2.40. The van der Waals surface area contributed by atoms with Crippen LogP contribution in [0.2, 0.25) is 0 Å². The van der Waals surface area contributed by atoms with Gasteiger partial charge in [-0.3, -0.25) is 0 Å². The van der Waals surface area contributed by atoms with Crippen LogP contribution < -0.4 is 0 Å². The first-order valence-corrected chi connectivity index (χ1v) is 7.75. The molecule has 3 saturated carbocycles. The lowest BCUT2D eigenvalue weighted by Crippen LogP contribution is -2.25. The van der Waals surface area contributed by atoms with E-state index in [1.165, 1.54) is 12.8 Å². The van der Waals surface area contributed by atoms with E-state index in [9.17, 15) is 0 Å². The fraction of sp³-hybridized carbons (Fsp3) is 1.00. The zero-order chi connectivity index (χ0) is 11.1. The molecule has 0 aliphatic heterocycles. The number of rotatable bonds is 0. The first kappa shape index (κ1) is 11.1. The van der Waals surface area contributed by atoms with Gasteiger partial charge in [-0.05, 0) is 54.8 Å². The molecule has 0 N–H and O–H groups in total. The first-order chi connectivity index (χ1) is 7.75. The second kappa shape index (κ2) is 4.35. The minimum absolute atomic E-state index is 1.02. The Morgan fingerprint density at radius 2 is 1.12 bits per heavy atom. The van der Waals surface area contributed by atoms with Crippen molar-refractivity contribution in [3.63, 3.8) is 0 Å². The van der Waals surface area contributed by atoms with Gasteiger partial charge in [-0.15, -0.1) is 0 Å². The highest BCUT2D eigenvalue weighted by Crippen LogP contribution is 2.51. The second-order valence-electron chi connectivity index (χ2n) is 7.12. The molecule has 0 amide bonds. The third kappa shape index (κ3) is 1.83. The summed E-state index contributed by atoms with van der Waals surface area (Å²) < 4.78 is 0. The van der Waals surface area contributed by atoms with Crippen molar-refractivity contribution in [2.24, 2.45) is 35.5 Å². The van der Waals surface area contributed by atoms with Crippen LogP contribution in [0.15, 0.2) is 0 Å². The maximum Gasteiger partial charge on any atom is -0.0360 e. The van der Waals surface area contributed by atoms with Gasteiger partial charge < -0.3 is 0 Å². The number of hydrogen-bond acceptors (Lipinski definition) is 0. The molecule has 0 heteroatoms. The van der Waals surface area contributed by atoms with Gasteiger partial charge in [0.1, 0.15) is 0 Å². The van der Waals surface area contributed by atoms with E-state index < -0.39 is 0 Å². The van der Waals surface area contributed by atoms with Gasteiger partial charge in [-0.1, -0.05) is 46.0 Å². The molecule has 4 bridgehead atoms. The minimum Gasteiger partial charge on any atom is -0.0622 e. The van der Waals surface area contributed by atoms with Crippen LogP contribution in [-0.2, 0) is 0 Å². The Balaban J connectivity index is 1.89. The normalized spacial score (nSPS) is 52.9. The fourth-order valence-corrected chi connectivity index (χ4v) is 5.35. The van der Waals surface area contributed by atoms with Crippen molar-refractivity contribution in [2.45, 2.75) is 65.2 Å². The molecule has 0 aromatic heterocycles. The highest BCUT2D eigenvalue weighted by atomic mass is 14.5. The van der Waals surface area contributed by atoms with Crippen molar-refractivity contribution in [3.05, 3.63) is 0 Å². The van der Waals surface area contributed by atoms with Gasteiger partial charge >= 0.3 is 0 Å². The van der Waals surface area contributed by atoms with Crippen LogP contribution in [0.1, 0.15) is 65.2 Å². The molecule has 0 nitrogen and oxygen atoms in total. The van der Waals surface area contributed by atoms with Gasteiger partial charge in [-0.25, -0.2) is 0 Å². The molecule has 0 aromatic rings. The molecule has 3 aliphatic rings. The highest BCUT2D eigenvalue weighted by Gasteiger charge is 2.41. The molecule has 16 heavy (non-hydrogen) atoms. The lowest BCUT2D eigenvalue weighted by atomic mass is 9.71. The van der Waals surface area contributed by atoms with E-state index in [2.05, 4.69) is 13.8 Å². The van der Waals surface area contributed by atoms with Gasteiger partial charge in [0.15, 0.2) is 0 Å². The Labute approximate surface area is 101 Å². The maximum absolute atomic E-state index is 2.55. The van der Waals surface area contributed by atoms with Gasteiger partial charge in [0.2, 0.25) is 0 Å². The number of hydrogen-bond donors (Lipinski definition) is 0. The quantitative estimate of drug-likeness (QED) is 0.545. The standard InChI is InChI=1S/C16H28/c1-11-6-7-12(2)16-9-8-15(11)13-4-3-5-14(16)10-13/h11-16H,3-10H2,1-2H3. The predicted octanol–water partition coefficient (Wildman–Crippen LogP) is 4.89. The smallest absolute Gasteiger partial charge is 0.0360 e. The maximum atomic E-state index is 2.55. The van der Waals surface area contributed by atoms with E-state index in [0.29, 0.717) is 0 Å². The van der Waals surface area contributed by atoms with E-state index in [0.717, 1.165) is 35.5 Å². The predicted molar refractivity (Wildman–Crippen MR) is 69.2 cm³/mol. The summed E-state index contributed by atoms with van der Waals surface area (Å²) in [5, 5.41) is 0. The third-order valence-electron chi connectivity index (χ3n) is 6.34. The summed E-state index contributed by atoms with van der Waals surface area (Å²) in [6.45, 7) is 5.10. The van der Waals surface area contributed by atoms with Gasteiger partial charge in [-0.2, -0.15) is 0 Å². The SMILES string of the molecule is CC1CCC(C)C2CCC1C1CCCC2C1. The van der Waals surface area contributed by atoms with Crippen LogP contribution in [0.4, 0.5) is 0 Å². The van der Waals surface area contributed by atoms with Gasteiger partial charge in [0, 0.05) is 0 Å². The summed E-state index contributed by atoms with van der Waals surface area (Å²) >= 11 is 0. The van der Waals surface area contributed by atoms with Gasteiger partial charge in [0.25, 0.3) is 0 Å². The van der Waals surface area contributed by atoms with Crippen molar-refractivity contribution in [1.29, 1.82) is 0 Å². The van der Waals surface area contributed by atoms with E-state index >= 15 is 0 Å². The molecule has 0 spiro atoms. The Morgan fingerprint density at radius 1 is 0.625 bits per heavy atom. The zero-order valence-electron chi connectivity index (χ0n) is 11.1. The summed E-state index contributed by atoms with van der Waals surface area (Å²) in [5.41, 5.74) is 0. The van der Waals surface area contributed by atoms with Crippen molar-refractivity contribution in [3.8, 4) is 0 Å². The summed E-state index contributed by atoms with van der Waals surface area (Å²) in [6.07, 6.45) is 12.4. The topological polar surface area (TPSA) is 0 Å².